The van der Waals surface area contributed by atoms with E-state index < -0.39 is 0 Å². The summed E-state index contributed by atoms with van der Waals surface area (Å²) in [5.74, 6) is 0.658. The summed E-state index contributed by atoms with van der Waals surface area (Å²) in [5, 5.41) is 24.6. The van der Waals surface area contributed by atoms with E-state index in [4.69, 9.17) is 9.97 Å². The summed E-state index contributed by atoms with van der Waals surface area (Å²) in [6.07, 6.45) is 0. The number of nitrogens with zero attached hydrogens (tertiary/aromatic N) is 3. The highest BCUT2D eigenvalue weighted by atomic mass is 14.9. The summed E-state index contributed by atoms with van der Waals surface area (Å²) in [6, 6.07) is 64.7. The molecule has 0 radical (unpaired) electrons. The van der Waals surface area contributed by atoms with Crippen LogP contribution in [0.3, 0.4) is 0 Å². The lowest BCUT2D eigenvalue weighted by Crippen LogP contribution is -1.96. The zero-order chi connectivity index (χ0) is 35.8. The quantitative estimate of drug-likeness (QED) is 0.174. The first-order valence-corrected chi connectivity index (χ1v) is 18.2. The number of fused-ring (bicyclic) bond motifs is 2. The van der Waals surface area contributed by atoms with Gasteiger partial charge >= 0.3 is 0 Å². The van der Waals surface area contributed by atoms with Crippen LogP contribution in [-0.4, -0.2) is 9.97 Å². The van der Waals surface area contributed by atoms with Crippen molar-refractivity contribution in [2.45, 2.75) is 0 Å². The van der Waals surface area contributed by atoms with E-state index in [0.717, 1.165) is 39.2 Å². The minimum absolute atomic E-state index is 0.617. The van der Waals surface area contributed by atoms with E-state index in [9.17, 15) is 5.26 Å². The maximum Gasteiger partial charge on any atom is 0.160 e. The molecule has 0 spiro atoms. The lowest BCUT2D eigenvalue weighted by Gasteiger charge is -2.17. The van der Waals surface area contributed by atoms with Crippen molar-refractivity contribution in [2.24, 2.45) is 0 Å². The average molecular weight is 684 g/mol. The molecule has 10 aromatic carbocycles. The van der Waals surface area contributed by atoms with Gasteiger partial charge in [-0.25, -0.2) is 9.97 Å². The second-order valence-electron chi connectivity index (χ2n) is 14.1. The molecule has 0 saturated carbocycles. The van der Waals surface area contributed by atoms with Gasteiger partial charge in [-0.2, -0.15) is 5.26 Å². The molecule has 0 fully saturated rings. The minimum atomic E-state index is 0.617. The monoisotopic (exact) mass is 683 g/mol. The lowest BCUT2D eigenvalue weighted by molar-refractivity contribution is 1.18. The van der Waals surface area contributed by atoms with Crippen LogP contribution in [0.2, 0.25) is 0 Å². The summed E-state index contributed by atoms with van der Waals surface area (Å²) < 4.78 is 0. The maximum atomic E-state index is 9.41. The number of hydrogen-bond acceptors (Lipinski definition) is 3. The molecular weight excluding hydrogens is 655 g/mol. The van der Waals surface area contributed by atoms with Crippen molar-refractivity contribution < 1.29 is 0 Å². The van der Waals surface area contributed by atoms with Crippen LogP contribution >= 0.6 is 0 Å². The molecule has 0 amide bonds. The highest BCUT2D eigenvalue weighted by Crippen LogP contribution is 2.44. The summed E-state index contributed by atoms with van der Waals surface area (Å²) in [6.45, 7) is 0. The van der Waals surface area contributed by atoms with Gasteiger partial charge in [0, 0.05) is 16.7 Å². The normalized spacial score (nSPS) is 11.7. The van der Waals surface area contributed by atoms with Crippen molar-refractivity contribution in [1.29, 1.82) is 5.26 Å². The molecule has 0 bridgehead atoms. The van der Waals surface area contributed by atoms with Crippen molar-refractivity contribution in [2.75, 3.05) is 0 Å². The number of benzene rings is 9. The van der Waals surface area contributed by atoms with Crippen molar-refractivity contribution >= 4 is 64.6 Å². The molecule has 0 N–H and O–H groups in total. The van der Waals surface area contributed by atoms with E-state index >= 15 is 0 Å². The molecule has 0 aliphatic heterocycles. The third-order valence-electron chi connectivity index (χ3n) is 11.0. The third-order valence-corrected chi connectivity index (χ3v) is 11.0. The number of rotatable bonds is 4. The number of hydrogen-bond donors (Lipinski definition) is 0. The maximum absolute atomic E-state index is 9.41. The lowest BCUT2D eigenvalue weighted by atomic mass is 9.86. The number of aromatic nitrogens is 2. The van der Waals surface area contributed by atoms with Gasteiger partial charge in [0.25, 0.3) is 0 Å². The molecule has 54 heavy (non-hydrogen) atoms. The topological polar surface area (TPSA) is 49.6 Å². The smallest absolute Gasteiger partial charge is 0.160 e. The molecule has 0 atom stereocenters. The van der Waals surface area contributed by atoms with E-state index in [1.807, 2.05) is 54.6 Å². The van der Waals surface area contributed by atoms with Gasteiger partial charge in [0.15, 0.2) is 5.82 Å². The SMILES string of the molecule is N#Cc1ccc(-c2cc(-c3cccc(-c4cc5ccc6cccc7c8cccc9ccc%10cccc(c(c4)c5c67)c%10c98)c3)nc(-c3ccccc3)n2)cc1. The average Bonchev–Trinajstić information content (AvgIpc) is 3.25. The molecular formula is C51H29N3. The highest BCUT2D eigenvalue weighted by Gasteiger charge is 2.17. The Morgan fingerprint density at radius 1 is 0.333 bits per heavy atom. The van der Waals surface area contributed by atoms with E-state index in [1.54, 1.807) is 0 Å². The first kappa shape index (κ1) is 30.2. The summed E-state index contributed by atoms with van der Waals surface area (Å²) in [4.78, 5) is 10.1. The van der Waals surface area contributed by atoms with Crippen molar-refractivity contribution in [3.63, 3.8) is 0 Å². The van der Waals surface area contributed by atoms with Gasteiger partial charge in [0.1, 0.15) is 0 Å². The second-order valence-corrected chi connectivity index (χ2v) is 14.1. The predicted molar refractivity (Wildman–Crippen MR) is 225 cm³/mol. The van der Waals surface area contributed by atoms with Crippen LogP contribution in [0.4, 0.5) is 0 Å². The molecule has 0 saturated heterocycles. The van der Waals surface area contributed by atoms with Crippen molar-refractivity contribution in [1.82, 2.24) is 9.97 Å². The zero-order valence-electron chi connectivity index (χ0n) is 29.1. The Hall–Kier alpha value is -7.41. The summed E-state index contributed by atoms with van der Waals surface area (Å²) in [7, 11) is 0. The Morgan fingerprint density at radius 3 is 1.48 bits per heavy atom. The number of nitriles is 1. The fourth-order valence-electron chi connectivity index (χ4n) is 8.48. The van der Waals surface area contributed by atoms with Gasteiger partial charge in [0.05, 0.1) is 23.0 Å². The van der Waals surface area contributed by atoms with Gasteiger partial charge < -0.3 is 0 Å². The van der Waals surface area contributed by atoms with Crippen molar-refractivity contribution in [3.05, 3.63) is 181 Å². The molecule has 11 rings (SSSR count). The van der Waals surface area contributed by atoms with Gasteiger partial charge in [-0.3, -0.25) is 0 Å². The van der Waals surface area contributed by atoms with E-state index in [0.29, 0.717) is 11.4 Å². The Labute approximate surface area is 311 Å². The molecule has 248 valence electrons. The fraction of sp³-hybridized carbons (Fsp3) is 0. The Bertz CT molecular complexity index is 3310. The molecule has 11 aromatic rings. The van der Waals surface area contributed by atoms with Crippen LogP contribution in [0.15, 0.2) is 176 Å². The standard InChI is InChI=1S/C51H29N3/c52-30-31-18-20-32(21-19-31)45-29-46(54-51(53-45)36-8-2-1-3-9-36)38-14-4-13-37(26-38)40-27-39-25-24-35-11-6-16-42-41-15-5-10-33-22-23-34-12-7-17-43(49(34)47(33)41)44(28-40)50(39)48(35)42/h1-29H. The molecule has 0 unspecified atom stereocenters. The van der Waals surface area contributed by atoms with Crippen LogP contribution in [0.1, 0.15) is 5.56 Å². The van der Waals surface area contributed by atoms with Crippen LogP contribution in [0, 0.1) is 11.3 Å². The fourth-order valence-corrected chi connectivity index (χ4v) is 8.48. The Kier molecular flexibility index (Phi) is 6.62. The molecule has 3 nitrogen and oxygen atoms in total. The van der Waals surface area contributed by atoms with E-state index in [-0.39, 0.29) is 0 Å². The zero-order valence-corrected chi connectivity index (χ0v) is 29.1. The molecule has 1 aromatic heterocycles. The Balaban J connectivity index is 1.17. The minimum Gasteiger partial charge on any atom is -0.228 e. The van der Waals surface area contributed by atoms with E-state index in [2.05, 4.69) is 127 Å². The second kappa shape index (κ2) is 11.8. The van der Waals surface area contributed by atoms with Crippen molar-refractivity contribution in [3.8, 4) is 51.1 Å². The Morgan fingerprint density at radius 2 is 0.852 bits per heavy atom. The first-order chi connectivity index (χ1) is 26.7. The largest absolute Gasteiger partial charge is 0.228 e. The van der Waals surface area contributed by atoms with Crippen LogP contribution in [0.25, 0.3) is 110 Å². The van der Waals surface area contributed by atoms with Gasteiger partial charge in [-0.1, -0.05) is 140 Å². The molecule has 1 heterocycles. The molecule has 0 aliphatic rings. The van der Waals surface area contributed by atoms with Crippen LogP contribution in [0.5, 0.6) is 0 Å². The van der Waals surface area contributed by atoms with Gasteiger partial charge in [-0.15, -0.1) is 0 Å². The summed E-state index contributed by atoms with van der Waals surface area (Å²) >= 11 is 0. The van der Waals surface area contributed by atoms with Crippen LogP contribution in [-0.2, 0) is 0 Å². The van der Waals surface area contributed by atoms with Gasteiger partial charge in [-0.05, 0) is 112 Å². The van der Waals surface area contributed by atoms with E-state index in [1.165, 1.54) is 64.6 Å². The van der Waals surface area contributed by atoms with Gasteiger partial charge in [0.2, 0.25) is 0 Å². The molecule has 3 heteroatoms. The highest BCUT2D eigenvalue weighted by molar-refractivity contribution is 6.37. The summed E-state index contributed by atoms with van der Waals surface area (Å²) in [5.41, 5.74) is 7.42. The predicted octanol–water partition coefficient (Wildman–Crippen LogP) is 13.4. The third kappa shape index (κ3) is 4.68. The van der Waals surface area contributed by atoms with Crippen LogP contribution < -0.4 is 0 Å². The molecule has 0 aliphatic carbocycles. The first-order valence-electron chi connectivity index (χ1n) is 18.2.